The van der Waals surface area contributed by atoms with Crippen molar-refractivity contribution in [2.24, 2.45) is 4.99 Å². The van der Waals surface area contributed by atoms with Gasteiger partial charge < -0.3 is 15.4 Å². The third kappa shape index (κ3) is 10.1. The lowest BCUT2D eigenvalue weighted by Crippen LogP contribution is -2.38. The van der Waals surface area contributed by atoms with Crippen molar-refractivity contribution in [1.29, 1.82) is 0 Å². The summed E-state index contributed by atoms with van der Waals surface area (Å²) in [4.78, 5) is 20.9. The van der Waals surface area contributed by atoms with Gasteiger partial charge in [-0.05, 0) is 19.3 Å². The topological polar surface area (TPSA) is 75.6 Å². The van der Waals surface area contributed by atoms with Gasteiger partial charge in [0.25, 0.3) is 0 Å². The van der Waals surface area contributed by atoms with Gasteiger partial charge in [0.05, 0.1) is 12.1 Å². The number of thiazole rings is 1. The van der Waals surface area contributed by atoms with Crippen LogP contribution in [-0.2, 0) is 22.4 Å². The average molecular weight is 468 g/mol. The fourth-order valence-corrected chi connectivity index (χ4v) is 2.88. The number of hydrogen-bond acceptors (Lipinski definition) is 5. The van der Waals surface area contributed by atoms with Gasteiger partial charge in [0, 0.05) is 44.1 Å². The summed E-state index contributed by atoms with van der Waals surface area (Å²) in [5.74, 6) is 0.675. The lowest BCUT2D eigenvalue weighted by atomic mass is 10.2. The summed E-state index contributed by atoms with van der Waals surface area (Å²) in [5, 5.41) is 7.73. The lowest BCUT2D eigenvalue weighted by molar-refractivity contribution is -0.140. The molecule has 24 heavy (non-hydrogen) atoms. The minimum atomic E-state index is -0.135. The summed E-state index contributed by atoms with van der Waals surface area (Å²) in [7, 11) is 3.19. The predicted octanol–water partition coefficient (Wildman–Crippen LogP) is 2.76. The molecule has 6 nitrogen and oxygen atoms in total. The van der Waals surface area contributed by atoms with Gasteiger partial charge in [-0.25, -0.2) is 4.98 Å². The Bertz CT molecular complexity index is 494. The number of halogens is 1. The number of rotatable bonds is 10. The van der Waals surface area contributed by atoms with E-state index in [1.54, 1.807) is 18.4 Å². The molecule has 1 rings (SSSR count). The second-order valence-corrected chi connectivity index (χ2v) is 6.34. The fraction of sp³-hybridized carbons (Fsp3) is 0.688. The normalized spacial score (nSPS) is 10.9. The first-order valence-corrected chi connectivity index (χ1v) is 8.96. The van der Waals surface area contributed by atoms with Crippen molar-refractivity contribution in [1.82, 2.24) is 15.6 Å². The van der Waals surface area contributed by atoms with E-state index >= 15 is 0 Å². The number of carbonyl (C=O) groups excluding carboxylic acids is 1. The van der Waals surface area contributed by atoms with E-state index in [1.165, 1.54) is 12.0 Å². The number of aryl methyl sites for hydroxylation is 1. The second kappa shape index (κ2) is 14.4. The largest absolute Gasteiger partial charge is 0.469 e. The minimum absolute atomic E-state index is 0. The molecule has 138 valence electrons. The quantitative estimate of drug-likeness (QED) is 0.182. The molecule has 1 aromatic heterocycles. The Morgan fingerprint density at radius 3 is 2.67 bits per heavy atom. The molecule has 0 bridgehead atoms. The van der Waals surface area contributed by atoms with Crippen LogP contribution in [0.25, 0.3) is 0 Å². The van der Waals surface area contributed by atoms with Crippen molar-refractivity contribution in [3.8, 4) is 0 Å². The van der Waals surface area contributed by atoms with Crippen molar-refractivity contribution < 1.29 is 9.53 Å². The predicted molar refractivity (Wildman–Crippen MR) is 110 cm³/mol. The van der Waals surface area contributed by atoms with Gasteiger partial charge in [-0.1, -0.05) is 13.3 Å². The SMILES string of the molecule is CCc1cnc(CCNC(=NC)NCCCCCC(=O)OC)s1.I. The number of esters is 1. The van der Waals surface area contributed by atoms with Crippen LogP contribution in [0.1, 0.15) is 42.5 Å². The van der Waals surface area contributed by atoms with Crippen molar-refractivity contribution in [2.75, 3.05) is 27.2 Å². The van der Waals surface area contributed by atoms with Crippen molar-refractivity contribution in [3.05, 3.63) is 16.1 Å². The highest BCUT2D eigenvalue weighted by Gasteiger charge is 2.02. The van der Waals surface area contributed by atoms with E-state index in [2.05, 4.69) is 32.3 Å². The summed E-state index contributed by atoms with van der Waals surface area (Å²) in [6.45, 7) is 3.81. The van der Waals surface area contributed by atoms with E-state index in [0.717, 1.165) is 56.2 Å². The van der Waals surface area contributed by atoms with Crippen molar-refractivity contribution >= 4 is 47.2 Å². The number of nitrogens with zero attached hydrogens (tertiary/aromatic N) is 2. The maximum atomic E-state index is 11.0. The maximum Gasteiger partial charge on any atom is 0.305 e. The van der Waals surface area contributed by atoms with E-state index in [-0.39, 0.29) is 29.9 Å². The molecular weight excluding hydrogens is 439 g/mol. The Kier molecular flexibility index (Phi) is 13.9. The monoisotopic (exact) mass is 468 g/mol. The van der Waals surface area contributed by atoms with Crippen LogP contribution in [0.4, 0.5) is 0 Å². The lowest BCUT2D eigenvalue weighted by Gasteiger charge is -2.11. The summed E-state index contributed by atoms with van der Waals surface area (Å²) in [6, 6.07) is 0. The molecule has 1 heterocycles. The molecule has 0 atom stereocenters. The molecule has 2 N–H and O–H groups in total. The first kappa shape index (κ1) is 23.1. The Hall–Kier alpha value is -0.900. The number of ether oxygens (including phenoxy) is 1. The molecule has 0 fully saturated rings. The number of methoxy groups -OCH3 is 1. The Labute approximate surface area is 165 Å². The molecule has 8 heteroatoms. The summed E-state index contributed by atoms with van der Waals surface area (Å²) >= 11 is 1.77. The van der Waals surface area contributed by atoms with E-state index in [1.807, 2.05) is 6.20 Å². The van der Waals surface area contributed by atoms with Gasteiger partial charge in [-0.2, -0.15) is 0 Å². The number of hydrogen-bond donors (Lipinski definition) is 2. The maximum absolute atomic E-state index is 11.0. The van der Waals surface area contributed by atoms with E-state index < -0.39 is 0 Å². The van der Waals surface area contributed by atoms with E-state index in [0.29, 0.717) is 6.42 Å². The van der Waals surface area contributed by atoms with Gasteiger partial charge in [-0.15, -0.1) is 35.3 Å². The molecule has 0 saturated heterocycles. The first-order chi connectivity index (χ1) is 11.2. The van der Waals surface area contributed by atoms with Crippen LogP contribution in [0.3, 0.4) is 0 Å². The minimum Gasteiger partial charge on any atom is -0.469 e. The van der Waals surface area contributed by atoms with Crippen LogP contribution in [0.2, 0.25) is 0 Å². The number of carbonyl (C=O) groups is 1. The van der Waals surface area contributed by atoms with E-state index in [9.17, 15) is 4.79 Å². The highest BCUT2D eigenvalue weighted by atomic mass is 127. The third-order valence-electron chi connectivity index (χ3n) is 3.38. The Balaban J connectivity index is 0.00000529. The smallest absolute Gasteiger partial charge is 0.305 e. The molecule has 0 aliphatic rings. The molecule has 0 aliphatic carbocycles. The van der Waals surface area contributed by atoms with Gasteiger partial charge in [0.1, 0.15) is 0 Å². The molecule has 1 aromatic rings. The van der Waals surface area contributed by atoms with Gasteiger partial charge in [-0.3, -0.25) is 9.79 Å². The molecule has 0 amide bonds. The highest BCUT2D eigenvalue weighted by Crippen LogP contribution is 2.13. The molecular formula is C16H29IN4O2S. The van der Waals surface area contributed by atoms with E-state index in [4.69, 9.17) is 0 Å². The highest BCUT2D eigenvalue weighted by molar-refractivity contribution is 14.0. The average Bonchev–Trinajstić information content (AvgIpc) is 3.03. The zero-order valence-corrected chi connectivity index (χ0v) is 17.9. The van der Waals surface area contributed by atoms with Crippen molar-refractivity contribution in [2.45, 2.75) is 45.4 Å². The first-order valence-electron chi connectivity index (χ1n) is 8.14. The van der Waals surface area contributed by atoms with Crippen LogP contribution in [0.5, 0.6) is 0 Å². The zero-order valence-electron chi connectivity index (χ0n) is 14.8. The van der Waals surface area contributed by atoms with Gasteiger partial charge in [0.2, 0.25) is 0 Å². The number of guanidine groups is 1. The molecule has 0 unspecified atom stereocenters. The van der Waals surface area contributed by atoms with Crippen LogP contribution < -0.4 is 10.6 Å². The number of unbranched alkanes of at least 4 members (excludes halogenated alkanes) is 2. The Morgan fingerprint density at radius 2 is 2.04 bits per heavy atom. The second-order valence-electron chi connectivity index (χ2n) is 5.14. The number of nitrogens with one attached hydrogen (secondary N) is 2. The van der Waals surface area contributed by atoms with Gasteiger partial charge in [0.15, 0.2) is 5.96 Å². The van der Waals surface area contributed by atoms with Crippen LogP contribution >= 0.6 is 35.3 Å². The van der Waals surface area contributed by atoms with Crippen molar-refractivity contribution in [3.63, 3.8) is 0 Å². The fourth-order valence-electron chi connectivity index (χ4n) is 2.02. The summed E-state index contributed by atoms with van der Waals surface area (Å²) in [5.41, 5.74) is 0. The van der Waals surface area contributed by atoms with Crippen LogP contribution in [0.15, 0.2) is 11.2 Å². The molecule has 0 aliphatic heterocycles. The number of aromatic nitrogens is 1. The molecule has 0 spiro atoms. The zero-order chi connectivity index (χ0) is 16.9. The molecule has 0 aromatic carbocycles. The van der Waals surface area contributed by atoms with Crippen LogP contribution in [0, 0.1) is 0 Å². The number of aliphatic imine (C=N–C) groups is 1. The third-order valence-corrected chi connectivity index (χ3v) is 4.58. The summed E-state index contributed by atoms with van der Waals surface area (Å²) in [6.07, 6.45) is 7.28. The standard InChI is InChI=1S/C16H28N4O2S.HI/c1-4-13-12-20-14(23-13)9-11-19-16(17-2)18-10-7-5-6-8-15(21)22-3;/h12H,4-11H2,1-3H3,(H2,17,18,19);1H. The Morgan fingerprint density at radius 1 is 1.29 bits per heavy atom. The summed E-state index contributed by atoms with van der Waals surface area (Å²) < 4.78 is 4.61. The molecule has 0 radical (unpaired) electrons. The van der Waals surface area contributed by atoms with Crippen LogP contribution in [-0.4, -0.2) is 44.2 Å². The van der Waals surface area contributed by atoms with Gasteiger partial charge >= 0.3 is 5.97 Å². The molecule has 0 saturated carbocycles.